The van der Waals surface area contributed by atoms with Crippen molar-refractivity contribution in [3.05, 3.63) is 47.0 Å². The van der Waals surface area contributed by atoms with E-state index in [1.165, 1.54) is 11.1 Å². The molecule has 108 valence electrons. The third-order valence-electron chi connectivity index (χ3n) is 3.78. The van der Waals surface area contributed by atoms with Crippen LogP contribution in [-0.2, 0) is 7.05 Å². The maximum atomic E-state index is 5.65. The Hall–Kier alpha value is -1.81. The molecule has 0 aliphatic rings. The van der Waals surface area contributed by atoms with Crippen LogP contribution in [0.1, 0.15) is 35.3 Å². The number of aryl methyl sites for hydroxylation is 2. The van der Waals surface area contributed by atoms with E-state index < -0.39 is 0 Å². The van der Waals surface area contributed by atoms with Crippen LogP contribution in [0.5, 0.6) is 5.75 Å². The van der Waals surface area contributed by atoms with Crippen molar-refractivity contribution in [1.82, 2.24) is 14.9 Å². The monoisotopic (exact) mass is 273 g/mol. The standard InChI is InChI=1S/C16H23N3O/c1-6-18-15(14-9-17-10-19(14)4)13-8-7-11(2)12(3)16(13)20-5/h7-10,15,18H,6H2,1-5H3. The Labute approximate surface area is 120 Å². The number of benzene rings is 1. The lowest BCUT2D eigenvalue weighted by molar-refractivity contribution is 0.399. The van der Waals surface area contributed by atoms with E-state index in [4.69, 9.17) is 4.74 Å². The summed E-state index contributed by atoms with van der Waals surface area (Å²) in [6.45, 7) is 7.20. The average Bonchev–Trinajstić information content (AvgIpc) is 2.85. The first-order valence-corrected chi connectivity index (χ1v) is 6.93. The van der Waals surface area contributed by atoms with E-state index in [0.717, 1.165) is 23.6 Å². The van der Waals surface area contributed by atoms with Crippen molar-refractivity contribution in [1.29, 1.82) is 0 Å². The molecule has 0 saturated carbocycles. The highest BCUT2D eigenvalue weighted by atomic mass is 16.5. The van der Waals surface area contributed by atoms with Gasteiger partial charge in [0.15, 0.2) is 0 Å². The van der Waals surface area contributed by atoms with Gasteiger partial charge < -0.3 is 14.6 Å². The van der Waals surface area contributed by atoms with E-state index >= 15 is 0 Å². The van der Waals surface area contributed by atoms with Crippen molar-refractivity contribution >= 4 is 0 Å². The molecule has 1 aromatic heterocycles. The molecular weight excluding hydrogens is 250 g/mol. The highest BCUT2D eigenvalue weighted by Crippen LogP contribution is 2.33. The molecule has 0 amide bonds. The van der Waals surface area contributed by atoms with E-state index in [1.807, 2.05) is 24.1 Å². The third-order valence-corrected chi connectivity index (χ3v) is 3.78. The lowest BCUT2D eigenvalue weighted by Crippen LogP contribution is -2.24. The van der Waals surface area contributed by atoms with E-state index in [-0.39, 0.29) is 6.04 Å². The van der Waals surface area contributed by atoms with Crippen molar-refractivity contribution in [2.24, 2.45) is 7.05 Å². The maximum Gasteiger partial charge on any atom is 0.127 e. The lowest BCUT2D eigenvalue weighted by atomic mass is 9.97. The zero-order valence-electron chi connectivity index (χ0n) is 12.9. The summed E-state index contributed by atoms with van der Waals surface area (Å²) in [4.78, 5) is 4.23. The van der Waals surface area contributed by atoms with Crippen LogP contribution in [0, 0.1) is 13.8 Å². The van der Waals surface area contributed by atoms with Gasteiger partial charge in [-0.3, -0.25) is 0 Å². The second-order valence-electron chi connectivity index (χ2n) is 5.05. The van der Waals surface area contributed by atoms with Gasteiger partial charge in [-0.05, 0) is 31.5 Å². The molecule has 2 aromatic rings. The molecule has 1 aromatic carbocycles. The average molecular weight is 273 g/mol. The molecule has 4 nitrogen and oxygen atoms in total. The summed E-state index contributed by atoms with van der Waals surface area (Å²) in [5.74, 6) is 0.956. The topological polar surface area (TPSA) is 39.1 Å². The minimum atomic E-state index is 0.0850. The number of rotatable bonds is 5. The second kappa shape index (κ2) is 6.09. The highest BCUT2D eigenvalue weighted by Gasteiger charge is 2.21. The molecule has 0 bridgehead atoms. The Bertz CT molecular complexity index is 589. The van der Waals surface area contributed by atoms with E-state index in [2.05, 4.69) is 43.2 Å². The Balaban J connectivity index is 2.56. The lowest BCUT2D eigenvalue weighted by Gasteiger charge is -2.23. The molecule has 0 aliphatic heterocycles. The number of nitrogens with one attached hydrogen (secondary N) is 1. The summed E-state index contributed by atoms with van der Waals surface area (Å²) < 4.78 is 7.70. The van der Waals surface area contributed by atoms with Gasteiger partial charge >= 0.3 is 0 Å². The van der Waals surface area contributed by atoms with Gasteiger partial charge in [-0.25, -0.2) is 4.98 Å². The van der Waals surface area contributed by atoms with Gasteiger partial charge in [0.25, 0.3) is 0 Å². The summed E-state index contributed by atoms with van der Waals surface area (Å²) in [6, 6.07) is 4.37. The molecule has 0 radical (unpaired) electrons. The molecule has 1 atom stereocenters. The van der Waals surface area contributed by atoms with E-state index in [0.29, 0.717) is 0 Å². The number of hydrogen-bond donors (Lipinski definition) is 1. The Morgan fingerprint density at radius 3 is 2.65 bits per heavy atom. The fraction of sp³-hybridized carbons (Fsp3) is 0.438. The van der Waals surface area contributed by atoms with Gasteiger partial charge in [0, 0.05) is 12.6 Å². The van der Waals surface area contributed by atoms with E-state index in [9.17, 15) is 0 Å². The van der Waals surface area contributed by atoms with Crippen LogP contribution in [0.3, 0.4) is 0 Å². The zero-order valence-corrected chi connectivity index (χ0v) is 12.9. The summed E-state index contributed by atoms with van der Waals surface area (Å²) in [5, 5.41) is 3.52. The van der Waals surface area contributed by atoms with Crippen molar-refractivity contribution in [2.45, 2.75) is 26.8 Å². The minimum absolute atomic E-state index is 0.0850. The quantitative estimate of drug-likeness (QED) is 0.910. The van der Waals surface area contributed by atoms with Gasteiger partial charge in [0.1, 0.15) is 5.75 Å². The highest BCUT2D eigenvalue weighted by molar-refractivity contribution is 5.48. The smallest absolute Gasteiger partial charge is 0.127 e. The molecule has 20 heavy (non-hydrogen) atoms. The third kappa shape index (κ3) is 2.56. The van der Waals surface area contributed by atoms with Crippen molar-refractivity contribution < 1.29 is 4.74 Å². The number of imidazole rings is 1. The van der Waals surface area contributed by atoms with Crippen LogP contribution in [-0.4, -0.2) is 23.2 Å². The molecule has 4 heteroatoms. The van der Waals surface area contributed by atoms with Crippen LogP contribution in [0.15, 0.2) is 24.7 Å². The molecule has 0 fully saturated rings. The van der Waals surface area contributed by atoms with Gasteiger partial charge in [0.2, 0.25) is 0 Å². The van der Waals surface area contributed by atoms with Crippen molar-refractivity contribution in [3.8, 4) is 5.75 Å². The van der Waals surface area contributed by atoms with Crippen LogP contribution < -0.4 is 10.1 Å². The van der Waals surface area contributed by atoms with Crippen molar-refractivity contribution in [2.75, 3.05) is 13.7 Å². The second-order valence-corrected chi connectivity index (χ2v) is 5.05. The maximum absolute atomic E-state index is 5.65. The minimum Gasteiger partial charge on any atom is -0.496 e. The molecule has 1 N–H and O–H groups in total. The normalized spacial score (nSPS) is 12.4. The first kappa shape index (κ1) is 14.6. The number of ether oxygens (including phenoxy) is 1. The molecular formula is C16H23N3O. The van der Waals surface area contributed by atoms with Gasteiger partial charge in [-0.1, -0.05) is 19.1 Å². The van der Waals surface area contributed by atoms with Gasteiger partial charge in [0.05, 0.1) is 31.4 Å². The molecule has 1 heterocycles. The molecule has 1 unspecified atom stereocenters. The zero-order chi connectivity index (χ0) is 14.7. The molecule has 0 aliphatic carbocycles. The van der Waals surface area contributed by atoms with Crippen LogP contribution >= 0.6 is 0 Å². The van der Waals surface area contributed by atoms with Crippen LogP contribution in [0.25, 0.3) is 0 Å². The predicted octanol–water partition coefficient (Wildman–Crippen LogP) is 2.74. The predicted molar refractivity (Wildman–Crippen MR) is 81.2 cm³/mol. The van der Waals surface area contributed by atoms with Gasteiger partial charge in [-0.15, -0.1) is 0 Å². The summed E-state index contributed by atoms with van der Waals surface area (Å²) in [7, 11) is 3.75. The number of methoxy groups -OCH3 is 1. The first-order valence-electron chi connectivity index (χ1n) is 6.93. The number of aromatic nitrogens is 2. The number of hydrogen-bond acceptors (Lipinski definition) is 3. The molecule has 0 spiro atoms. The Morgan fingerprint density at radius 2 is 2.10 bits per heavy atom. The summed E-state index contributed by atoms with van der Waals surface area (Å²) >= 11 is 0. The fourth-order valence-corrected chi connectivity index (χ4v) is 2.53. The van der Waals surface area contributed by atoms with Crippen LogP contribution in [0.4, 0.5) is 0 Å². The summed E-state index contributed by atoms with van der Waals surface area (Å²) in [6.07, 6.45) is 3.73. The van der Waals surface area contributed by atoms with E-state index in [1.54, 1.807) is 7.11 Å². The summed E-state index contributed by atoms with van der Waals surface area (Å²) in [5.41, 5.74) is 4.72. The fourth-order valence-electron chi connectivity index (χ4n) is 2.53. The Kier molecular flexibility index (Phi) is 4.45. The first-order chi connectivity index (χ1) is 9.60. The largest absolute Gasteiger partial charge is 0.496 e. The number of nitrogens with zero attached hydrogens (tertiary/aromatic N) is 2. The Morgan fingerprint density at radius 1 is 1.35 bits per heavy atom. The van der Waals surface area contributed by atoms with Crippen LogP contribution in [0.2, 0.25) is 0 Å². The van der Waals surface area contributed by atoms with Crippen molar-refractivity contribution in [3.63, 3.8) is 0 Å². The molecule has 2 rings (SSSR count). The van der Waals surface area contributed by atoms with Gasteiger partial charge in [-0.2, -0.15) is 0 Å². The SMILES string of the molecule is CCNC(c1ccc(C)c(C)c1OC)c1cncn1C. The molecule has 0 saturated heterocycles.